The summed E-state index contributed by atoms with van der Waals surface area (Å²) in [7, 11) is 1.42. The van der Waals surface area contributed by atoms with Crippen LogP contribution in [0.15, 0.2) is 23.1 Å². The van der Waals surface area contributed by atoms with Crippen molar-refractivity contribution in [2.75, 3.05) is 18.6 Å². The van der Waals surface area contributed by atoms with Crippen molar-refractivity contribution in [3.8, 4) is 0 Å². The van der Waals surface area contributed by atoms with Gasteiger partial charge in [-0.05, 0) is 42.9 Å². The van der Waals surface area contributed by atoms with E-state index in [4.69, 9.17) is 5.73 Å². The summed E-state index contributed by atoms with van der Waals surface area (Å²) in [6, 6.07) is 5.88. The lowest BCUT2D eigenvalue weighted by Gasteiger charge is -2.05. The van der Waals surface area contributed by atoms with Gasteiger partial charge >= 0.3 is 5.97 Å². The average molecular weight is 239 g/mol. The number of nitrogens with two attached hydrogens (primary N) is 1. The highest BCUT2D eigenvalue weighted by Crippen LogP contribution is 2.24. The van der Waals surface area contributed by atoms with Crippen LogP contribution in [-0.4, -0.2) is 18.8 Å². The van der Waals surface area contributed by atoms with Crippen molar-refractivity contribution in [1.29, 1.82) is 0 Å². The van der Waals surface area contributed by atoms with Crippen LogP contribution in [0.4, 0.5) is 5.69 Å². The van der Waals surface area contributed by atoms with Crippen LogP contribution >= 0.6 is 11.8 Å². The first-order valence-corrected chi connectivity index (χ1v) is 6.18. The van der Waals surface area contributed by atoms with Crippen LogP contribution < -0.4 is 5.73 Å². The SMILES string of the molecule is COC(=O)CCCSc1ccc(N)cc1C. The first kappa shape index (κ1) is 12.9. The van der Waals surface area contributed by atoms with Crippen molar-refractivity contribution in [2.45, 2.75) is 24.7 Å². The Labute approximate surface area is 100 Å². The van der Waals surface area contributed by atoms with Gasteiger partial charge in [0.05, 0.1) is 7.11 Å². The van der Waals surface area contributed by atoms with E-state index in [9.17, 15) is 4.79 Å². The number of rotatable bonds is 5. The Bertz CT molecular complexity index is 366. The van der Waals surface area contributed by atoms with E-state index >= 15 is 0 Å². The molecule has 2 N–H and O–H groups in total. The van der Waals surface area contributed by atoms with Gasteiger partial charge in [0.1, 0.15) is 0 Å². The van der Waals surface area contributed by atoms with Gasteiger partial charge in [0.25, 0.3) is 0 Å². The number of methoxy groups -OCH3 is 1. The van der Waals surface area contributed by atoms with Crippen molar-refractivity contribution in [3.63, 3.8) is 0 Å². The molecule has 0 bridgehead atoms. The number of carbonyl (C=O) groups is 1. The second-order valence-electron chi connectivity index (χ2n) is 3.55. The predicted molar refractivity (Wildman–Crippen MR) is 67.6 cm³/mol. The van der Waals surface area contributed by atoms with Crippen molar-refractivity contribution in [2.24, 2.45) is 0 Å². The molecule has 1 aromatic rings. The molecule has 88 valence electrons. The van der Waals surface area contributed by atoms with Gasteiger partial charge in [0.2, 0.25) is 0 Å². The summed E-state index contributed by atoms with van der Waals surface area (Å²) in [5, 5.41) is 0. The number of benzene rings is 1. The van der Waals surface area contributed by atoms with Crippen LogP contribution in [-0.2, 0) is 9.53 Å². The topological polar surface area (TPSA) is 52.3 Å². The Morgan fingerprint density at radius 1 is 1.50 bits per heavy atom. The molecule has 0 fully saturated rings. The molecule has 1 aromatic carbocycles. The largest absolute Gasteiger partial charge is 0.469 e. The molecule has 0 heterocycles. The van der Waals surface area contributed by atoms with E-state index in [1.54, 1.807) is 11.8 Å². The highest BCUT2D eigenvalue weighted by atomic mass is 32.2. The number of ether oxygens (including phenoxy) is 1. The van der Waals surface area contributed by atoms with Crippen molar-refractivity contribution in [3.05, 3.63) is 23.8 Å². The summed E-state index contributed by atoms with van der Waals surface area (Å²) in [5.41, 5.74) is 7.64. The number of thioether (sulfide) groups is 1. The lowest BCUT2D eigenvalue weighted by molar-refractivity contribution is -0.140. The molecule has 0 aliphatic heterocycles. The number of hydrogen-bond donors (Lipinski definition) is 1. The van der Waals surface area contributed by atoms with Crippen molar-refractivity contribution in [1.82, 2.24) is 0 Å². The molecule has 0 aromatic heterocycles. The molecule has 0 atom stereocenters. The smallest absolute Gasteiger partial charge is 0.305 e. The van der Waals surface area contributed by atoms with Gasteiger partial charge in [-0.2, -0.15) is 0 Å². The number of esters is 1. The molecule has 1 rings (SSSR count). The molecular weight excluding hydrogens is 222 g/mol. The van der Waals surface area contributed by atoms with Gasteiger partial charge < -0.3 is 10.5 Å². The van der Waals surface area contributed by atoms with E-state index in [0.29, 0.717) is 6.42 Å². The van der Waals surface area contributed by atoms with Crippen LogP contribution in [0.2, 0.25) is 0 Å². The van der Waals surface area contributed by atoms with Crippen LogP contribution in [0.3, 0.4) is 0 Å². The summed E-state index contributed by atoms with van der Waals surface area (Å²) in [6.45, 7) is 2.04. The zero-order valence-electron chi connectivity index (χ0n) is 9.66. The monoisotopic (exact) mass is 239 g/mol. The number of anilines is 1. The zero-order chi connectivity index (χ0) is 12.0. The molecular formula is C12H17NO2S. The molecule has 3 nitrogen and oxygen atoms in total. The average Bonchev–Trinajstić information content (AvgIpc) is 2.26. The molecule has 0 aliphatic rings. The predicted octanol–water partition coefficient (Wildman–Crippen LogP) is 2.62. The van der Waals surface area contributed by atoms with Crippen LogP contribution in [0.1, 0.15) is 18.4 Å². The molecule has 0 saturated carbocycles. The molecule has 0 aliphatic carbocycles. The fraction of sp³-hybridized carbons (Fsp3) is 0.417. The summed E-state index contributed by atoms with van der Waals surface area (Å²) < 4.78 is 4.58. The van der Waals surface area contributed by atoms with E-state index in [1.165, 1.54) is 17.6 Å². The van der Waals surface area contributed by atoms with Gasteiger partial charge in [0, 0.05) is 17.0 Å². The zero-order valence-corrected chi connectivity index (χ0v) is 10.5. The molecule has 4 heteroatoms. The molecule has 0 amide bonds. The number of aryl methyl sites for hydroxylation is 1. The number of carbonyl (C=O) groups excluding carboxylic acids is 1. The normalized spacial score (nSPS) is 10.1. The summed E-state index contributed by atoms with van der Waals surface area (Å²) in [4.78, 5) is 12.1. The van der Waals surface area contributed by atoms with Crippen LogP contribution in [0.5, 0.6) is 0 Å². The minimum absolute atomic E-state index is 0.144. The highest BCUT2D eigenvalue weighted by molar-refractivity contribution is 7.99. The molecule has 0 unspecified atom stereocenters. The standard InChI is InChI=1S/C12H17NO2S/c1-9-8-10(13)5-6-11(9)16-7-3-4-12(14)15-2/h5-6,8H,3-4,7,13H2,1-2H3. The van der Waals surface area contributed by atoms with E-state index in [2.05, 4.69) is 4.74 Å². The van der Waals surface area contributed by atoms with E-state index < -0.39 is 0 Å². The Balaban J connectivity index is 2.35. The quantitative estimate of drug-likeness (QED) is 0.371. The minimum Gasteiger partial charge on any atom is -0.469 e. The molecule has 0 radical (unpaired) electrons. The summed E-state index contributed by atoms with van der Waals surface area (Å²) in [5.74, 6) is 0.773. The Kier molecular flexibility index (Phi) is 5.19. The molecule has 0 saturated heterocycles. The van der Waals surface area contributed by atoms with Gasteiger partial charge in [-0.15, -0.1) is 11.8 Å². The van der Waals surface area contributed by atoms with Gasteiger partial charge in [-0.1, -0.05) is 0 Å². The van der Waals surface area contributed by atoms with Gasteiger partial charge in [-0.3, -0.25) is 4.79 Å². The summed E-state index contributed by atoms with van der Waals surface area (Å²) >= 11 is 1.74. The highest BCUT2D eigenvalue weighted by Gasteiger charge is 2.02. The maximum absolute atomic E-state index is 10.9. The lowest BCUT2D eigenvalue weighted by atomic mass is 10.2. The van der Waals surface area contributed by atoms with Crippen molar-refractivity contribution < 1.29 is 9.53 Å². The second kappa shape index (κ2) is 6.43. The third kappa shape index (κ3) is 4.14. The van der Waals surface area contributed by atoms with Crippen molar-refractivity contribution >= 4 is 23.4 Å². The third-order valence-electron chi connectivity index (χ3n) is 2.21. The number of hydrogen-bond acceptors (Lipinski definition) is 4. The third-order valence-corrected chi connectivity index (χ3v) is 3.47. The maximum Gasteiger partial charge on any atom is 0.305 e. The Hall–Kier alpha value is -1.16. The first-order chi connectivity index (χ1) is 7.63. The second-order valence-corrected chi connectivity index (χ2v) is 4.69. The maximum atomic E-state index is 10.9. The Morgan fingerprint density at radius 3 is 2.88 bits per heavy atom. The fourth-order valence-corrected chi connectivity index (χ4v) is 2.29. The van der Waals surface area contributed by atoms with Gasteiger partial charge in [0.15, 0.2) is 0 Å². The lowest BCUT2D eigenvalue weighted by Crippen LogP contribution is -2.00. The van der Waals surface area contributed by atoms with E-state index in [0.717, 1.165) is 17.9 Å². The Morgan fingerprint density at radius 2 is 2.25 bits per heavy atom. The van der Waals surface area contributed by atoms with Crippen LogP contribution in [0.25, 0.3) is 0 Å². The molecule has 16 heavy (non-hydrogen) atoms. The fourth-order valence-electron chi connectivity index (χ4n) is 1.34. The minimum atomic E-state index is -0.144. The number of nitrogen functional groups attached to an aromatic ring is 1. The van der Waals surface area contributed by atoms with E-state index in [1.807, 2.05) is 25.1 Å². The summed E-state index contributed by atoms with van der Waals surface area (Å²) in [6.07, 6.45) is 1.32. The van der Waals surface area contributed by atoms with Crippen LogP contribution in [0, 0.1) is 6.92 Å². The van der Waals surface area contributed by atoms with E-state index in [-0.39, 0.29) is 5.97 Å². The first-order valence-electron chi connectivity index (χ1n) is 5.19. The molecule has 0 spiro atoms. The van der Waals surface area contributed by atoms with Gasteiger partial charge in [-0.25, -0.2) is 0 Å².